The van der Waals surface area contributed by atoms with Gasteiger partial charge in [-0.15, -0.1) is 12.4 Å². The first-order chi connectivity index (χ1) is 10.4. The maximum atomic E-state index is 12.3. The summed E-state index contributed by atoms with van der Waals surface area (Å²) in [5.74, 6) is -1.59. The molecular formula is C16H21ClN2O4. The number of amides is 1. The molecule has 2 atom stereocenters. The zero-order chi connectivity index (χ0) is 16.3. The Morgan fingerprint density at radius 2 is 1.96 bits per heavy atom. The number of aliphatic carboxylic acids is 1. The van der Waals surface area contributed by atoms with E-state index >= 15 is 0 Å². The van der Waals surface area contributed by atoms with E-state index in [0.29, 0.717) is 30.8 Å². The molecule has 6 nitrogen and oxygen atoms in total. The zero-order valence-electron chi connectivity index (χ0n) is 13.1. The van der Waals surface area contributed by atoms with Crippen LogP contribution in [0.2, 0.25) is 0 Å². The standard InChI is InChI=1S/C16H20N2O4.ClH/c1-10(18-8-7-12(9-18)16(21)22)15(20)17-14-6-4-3-5-13(14)11(2)19;/h3-6,10,12H,7-9H2,1-2H3,(H,17,20)(H,21,22);1H. The maximum absolute atomic E-state index is 12.3. The fourth-order valence-electron chi connectivity index (χ4n) is 2.64. The number of halogens is 1. The molecule has 0 saturated carbocycles. The molecule has 2 unspecified atom stereocenters. The molecule has 0 radical (unpaired) electrons. The minimum absolute atomic E-state index is 0. The molecule has 1 aliphatic heterocycles. The highest BCUT2D eigenvalue weighted by Gasteiger charge is 2.33. The topological polar surface area (TPSA) is 86.7 Å². The molecule has 0 aromatic heterocycles. The van der Waals surface area contributed by atoms with Crippen molar-refractivity contribution in [3.8, 4) is 0 Å². The third-order valence-electron chi connectivity index (χ3n) is 4.06. The Bertz CT molecular complexity index is 605. The van der Waals surface area contributed by atoms with Crippen molar-refractivity contribution in [2.24, 2.45) is 5.92 Å². The fourth-order valence-corrected chi connectivity index (χ4v) is 2.64. The van der Waals surface area contributed by atoms with Gasteiger partial charge in [0.05, 0.1) is 17.6 Å². The number of hydrogen-bond donors (Lipinski definition) is 2. The van der Waals surface area contributed by atoms with E-state index in [9.17, 15) is 14.4 Å². The van der Waals surface area contributed by atoms with E-state index in [0.717, 1.165) is 0 Å². The van der Waals surface area contributed by atoms with E-state index in [1.165, 1.54) is 6.92 Å². The Morgan fingerprint density at radius 1 is 1.30 bits per heavy atom. The van der Waals surface area contributed by atoms with Gasteiger partial charge < -0.3 is 10.4 Å². The first-order valence-electron chi connectivity index (χ1n) is 7.28. The fraction of sp³-hybridized carbons (Fsp3) is 0.438. The number of rotatable bonds is 5. The average molecular weight is 341 g/mol. The molecule has 0 spiro atoms. The number of Topliss-reactive ketones (excluding diaryl/α,β-unsaturated/α-hetero) is 1. The molecule has 1 heterocycles. The molecule has 23 heavy (non-hydrogen) atoms. The number of nitrogens with one attached hydrogen (secondary N) is 1. The largest absolute Gasteiger partial charge is 0.481 e. The Balaban J connectivity index is 0.00000264. The first kappa shape index (κ1) is 19.1. The minimum Gasteiger partial charge on any atom is -0.481 e. The number of carbonyl (C=O) groups is 3. The molecule has 1 fully saturated rings. The predicted molar refractivity (Wildman–Crippen MR) is 89.1 cm³/mol. The van der Waals surface area contributed by atoms with Crippen LogP contribution in [0.3, 0.4) is 0 Å². The van der Waals surface area contributed by atoms with E-state index in [-0.39, 0.29) is 24.1 Å². The van der Waals surface area contributed by atoms with Crippen molar-refractivity contribution < 1.29 is 19.5 Å². The van der Waals surface area contributed by atoms with Gasteiger partial charge in [0.1, 0.15) is 0 Å². The Labute approximate surface area is 141 Å². The van der Waals surface area contributed by atoms with Crippen molar-refractivity contribution in [3.05, 3.63) is 29.8 Å². The van der Waals surface area contributed by atoms with E-state index in [1.807, 2.05) is 4.90 Å². The number of carboxylic acid groups (broad SMARTS) is 1. The van der Waals surface area contributed by atoms with Crippen molar-refractivity contribution in [1.82, 2.24) is 4.90 Å². The van der Waals surface area contributed by atoms with Gasteiger partial charge in [-0.1, -0.05) is 12.1 Å². The van der Waals surface area contributed by atoms with E-state index in [1.54, 1.807) is 31.2 Å². The molecule has 1 aromatic rings. The lowest BCUT2D eigenvalue weighted by Crippen LogP contribution is -2.41. The number of carbonyl (C=O) groups excluding carboxylic acids is 2. The van der Waals surface area contributed by atoms with E-state index in [2.05, 4.69) is 5.32 Å². The van der Waals surface area contributed by atoms with Crippen LogP contribution >= 0.6 is 12.4 Å². The molecule has 2 N–H and O–H groups in total. The Morgan fingerprint density at radius 3 is 2.52 bits per heavy atom. The lowest BCUT2D eigenvalue weighted by atomic mass is 10.1. The number of likely N-dealkylation sites (tertiary alicyclic amines) is 1. The van der Waals surface area contributed by atoms with Crippen LogP contribution in [-0.4, -0.2) is 46.8 Å². The molecule has 1 amide bonds. The van der Waals surface area contributed by atoms with Gasteiger partial charge in [-0.2, -0.15) is 0 Å². The summed E-state index contributed by atoms with van der Waals surface area (Å²) in [6.07, 6.45) is 0.553. The third kappa shape index (κ3) is 4.53. The molecule has 1 aliphatic rings. The number of nitrogens with zero attached hydrogens (tertiary/aromatic N) is 1. The number of benzene rings is 1. The van der Waals surface area contributed by atoms with Gasteiger partial charge in [-0.05, 0) is 38.9 Å². The van der Waals surface area contributed by atoms with Gasteiger partial charge in [0.2, 0.25) is 5.91 Å². The minimum atomic E-state index is -0.822. The van der Waals surface area contributed by atoms with Gasteiger partial charge in [-0.25, -0.2) is 0 Å². The van der Waals surface area contributed by atoms with Crippen LogP contribution in [0.1, 0.15) is 30.6 Å². The van der Waals surface area contributed by atoms with Gasteiger partial charge in [0, 0.05) is 12.1 Å². The number of para-hydroxylation sites is 1. The lowest BCUT2D eigenvalue weighted by Gasteiger charge is -2.23. The van der Waals surface area contributed by atoms with Crippen LogP contribution in [0.4, 0.5) is 5.69 Å². The van der Waals surface area contributed by atoms with Gasteiger partial charge >= 0.3 is 5.97 Å². The SMILES string of the molecule is CC(=O)c1ccccc1NC(=O)C(C)N1CCC(C(=O)O)C1.Cl. The molecule has 2 rings (SSSR count). The molecular weight excluding hydrogens is 320 g/mol. The van der Waals surface area contributed by atoms with Crippen LogP contribution in [0.15, 0.2) is 24.3 Å². The van der Waals surface area contributed by atoms with Gasteiger partial charge in [0.15, 0.2) is 5.78 Å². The summed E-state index contributed by atoms with van der Waals surface area (Å²) in [4.78, 5) is 36.7. The second-order valence-electron chi connectivity index (χ2n) is 5.59. The predicted octanol–water partition coefficient (Wildman–Crippen LogP) is 2.04. The molecule has 1 saturated heterocycles. The molecule has 0 aliphatic carbocycles. The number of ketones is 1. The van der Waals surface area contributed by atoms with Crippen molar-refractivity contribution in [1.29, 1.82) is 0 Å². The van der Waals surface area contributed by atoms with Gasteiger partial charge in [0.25, 0.3) is 0 Å². The van der Waals surface area contributed by atoms with Crippen LogP contribution in [0, 0.1) is 5.92 Å². The van der Waals surface area contributed by atoms with Crippen LogP contribution in [0.25, 0.3) is 0 Å². The second-order valence-corrected chi connectivity index (χ2v) is 5.59. The average Bonchev–Trinajstić information content (AvgIpc) is 2.96. The van der Waals surface area contributed by atoms with Crippen LogP contribution in [0.5, 0.6) is 0 Å². The number of hydrogen-bond acceptors (Lipinski definition) is 4. The van der Waals surface area contributed by atoms with Crippen molar-refractivity contribution in [2.75, 3.05) is 18.4 Å². The van der Waals surface area contributed by atoms with Crippen LogP contribution < -0.4 is 5.32 Å². The zero-order valence-corrected chi connectivity index (χ0v) is 13.9. The summed E-state index contributed by atoms with van der Waals surface area (Å²) >= 11 is 0. The number of anilines is 1. The molecule has 126 valence electrons. The highest BCUT2D eigenvalue weighted by molar-refractivity contribution is 6.04. The first-order valence-corrected chi connectivity index (χ1v) is 7.28. The normalized spacial score (nSPS) is 18.8. The summed E-state index contributed by atoms with van der Waals surface area (Å²) in [7, 11) is 0. The Hall–Kier alpha value is -1.92. The Kier molecular flexibility index (Phi) is 6.72. The van der Waals surface area contributed by atoms with E-state index in [4.69, 9.17) is 5.11 Å². The highest BCUT2D eigenvalue weighted by atomic mass is 35.5. The maximum Gasteiger partial charge on any atom is 0.307 e. The highest BCUT2D eigenvalue weighted by Crippen LogP contribution is 2.21. The third-order valence-corrected chi connectivity index (χ3v) is 4.06. The molecule has 1 aromatic carbocycles. The monoisotopic (exact) mass is 340 g/mol. The van der Waals surface area contributed by atoms with Gasteiger partial charge in [-0.3, -0.25) is 19.3 Å². The van der Waals surface area contributed by atoms with Crippen molar-refractivity contribution in [3.63, 3.8) is 0 Å². The summed E-state index contributed by atoms with van der Waals surface area (Å²) < 4.78 is 0. The molecule has 7 heteroatoms. The molecule has 0 bridgehead atoms. The summed E-state index contributed by atoms with van der Waals surface area (Å²) in [5, 5.41) is 11.8. The van der Waals surface area contributed by atoms with Crippen LogP contribution in [-0.2, 0) is 9.59 Å². The lowest BCUT2D eigenvalue weighted by molar-refractivity contribution is -0.141. The van der Waals surface area contributed by atoms with E-state index < -0.39 is 17.9 Å². The summed E-state index contributed by atoms with van der Waals surface area (Å²) in [5.41, 5.74) is 0.953. The van der Waals surface area contributed by atoms with Crippen molar-refractivity contribution in [2.45, 2.75) is 26.3 Å². The second kappa shape index (κ2) is 8.08. The smallest absolute Gasteiger partial charge is 0.307 e. The summed E-state index contributed by atoms with van der Waals surface area (Å²) in [6.45, 7) is 4.15. The van der Waals surface area contributed by atoms with Crippen molar-refractivity contribution >= 4 is 35.8 Å². The summed E-state index contributed by atoms with van der Waals surface area (Å²) in [6, 6.07) is 6.41. The quantitative estimate of drug-likeness (QED) is 0.801. The number of carboxylic acids is 1.